The highest BCUT2D eigenvalue weighted by Crippen LogP contribution is 2.45. The summed E-state index contributed by atoms with van der Waals surface area (Å²) in [4.78, 5) is 20.9. The van der Waals surface area contributed by atoms with E-state index in [9.17, 15) is 0 Å². The largest absolute Gasteiger partial charge is 0.454 e. The zero-order chi connectivity index (χ0) is 51.3. The third-order valence-electron chi connectivity index (χ3n) is 15.5. The summed E-state index contributed by atoms with van der Waals surface area (Å²) in [5, 5.41) is 8.84. The second kappa shape index (κ2) is 17.6. The molecule has 10 aromatic carbocycles. The molecule has 366 valence electrons. The Hall–Kier alpha value is -10.4. The van der Waals surface area contributed by atoms with Gasteiger partial charge in [0.1, 0.15) is 17.0 Å². The van der Waals surface area contributed by atoms with E-state index in [2.05, 4.69) is 185 Å². The fourth-order valence-corrected chi connectivity index (χ4v) is 12.0. The van der Waals surface area contributed by atoms with Crippen molar-refractivity contribution in [3.63, 3.8) is 0 Å². The first-order valence-corrected chi connectivity index (χ1v) is 26.4. The number of pyridine rings is 1. The van der Waals surface area contributed by atoms with Crippen LogP contribution in [0, 0.1) is 0 Å². The summed E-state index contributed by atoms with van der Waals surface area (Å²) in [5.41, 5.74) is 16.4. The molecule has 0 aliphatic carbocycles. The molecule has 0 spiro atoms. The van der Waals surface area contributed by atoms with Gasteiger partial charge in [-0.15, -0.1) is 0 Å². The van der Waals surface area contributed by atoms with Crippen molar-refractivity contribution in [2.45, 2.75) is 12.8 Å². The SMILES string of the molecule is c1ccc(-c2nc(Cc3cc(Cc4cccc5c4oc4c5ccc5c6ccccc6n(-c6ccccc6)c54)cnc3-c3cccc4c3oc3c4ccc4c5ccccc5n(-c5ccccc5)c43)nc(-c3ccccc3)n2)cc1. The zero-order valence-electron chi connectivity index (χ0n) is 42.0. The van der Waals surface area contributed by atoms with Crippen LogP contribution >= 0.6 is 0 Å². The highest BCUT2D eigenvalue weighted by Gasteiger charge is 2.24. The minimum atomic E-state index is 0.373. The van der Waals surface area contributed by atoms with Crippen molar-refractivity contribution in [3.05, 3.63) is 265 Å². The van der Waals surface area contributed by atoms with Crippen molar-refractivity contribution in [1.82, 2.24) is 29.1 Å². The molecule has 0 amide bonds. The maximum absolute atomic E-state index is 7.28. The van der Waals surface area contributed by atoms with Gasteiger partial charge in [-0.1, -0.05) is 182 Å². The number of hydrogen-bond donors (Lipinski definition) is 0. The molecule has 6 aromatic heterocycles. The smallest absolute Gasteiger partial charge is 0.163 e. The quantitative estimate of drug-likeness (QED) is 0.143. The van der Waals surface area contributed by atoms with E-state index in [-0.39, 0.29) is 0 Å². The summed E-state index contributed by atoms with van der Waals surface area (Å²) < 4.78 is 19.1. The van der Waals surface area contributed by atoms with Gasteiger partial charge in [-0.2, -0.15) is 0 Å². The summed E-state index contributed by atoms with van der Waals surface area (Å²) in [6.07, 6.45) is 2.95. The third kappa shape index (κ3) is 6.93. The van der Waals surface area contributed by atoms with Crippen molar-refractivity contribution in [3.8, 4) is 45.4 Å². The molecule has 0 aliphatic rings. The Kier molecular flexibility index (Phi) is 9.90. The van der Waals surface area contributed by atoms with E-state index in [0.29, 0.717) is 30.3 Å². The highest BCUT2D eigenvalue weighted by atomic mass is 16.3. The predicted octanol–water partition coefficient (Wildman–Crippen LogP) is 17.4. The first kappa shape index (κ1) is 43.9. The van der Waals surface area contributed by atoms with Gasteiger partial charge in [0, 0.05) is 90.2 Å². The molecule has 8 nitrogen and oxygen atoms in total. The topological polar surface area (TPSA) is 87.7 Å². The Morgan fingerprint density at radius 2 is 0.808 bits per heavy atom. The zero-order valence-corrected chi connectivity index (χ0v) is 42.0. The maximum atomic E-state index is 7.28. The third-order valence-corrected chi connectivity index (χ3v) is 15.5. The van der Waals surface area contributed by atoms with Crippen LogP contribution in [0.2, 0.25) is 0 Å². The predicted molar refractivity (Wildman–Crippen MR) is 316 cm³/mol. The van der Waals surface area contributed by atoms with Crippen LogP contribution in [0.3, 0.4) is 0 Å². The van der Waals surface area contributed by atoms with E-state index < -0.39 is 0 Å². The number of hydrogen-bond acceptors (Lipinski definition) is 6. The molecule has 0 atom stereocenters. The minimum Gasteiger partial charge on any atom is -0.454 e. The van der Waals surface area contributed by atoms with E-state index in [0.717, 1.165) is 127 Å². The van der Waals surface area contributed by atoms with Crippen molar-refractivity contribution in [1.29, 1.82) is 0 Å². The highest BCUT2D eigenvalue weighted by molar-refractivity contribution is 6.23. The molecule has 6 heterocycles. The lowest BCUT2D eigenvalue weighted by Crippen LogP contribution is -2.06. The molecule has 0 fully saturated rings. The van der Waals surface area contributed by atoms with E-state index in [1.807, 2.05) is 66.9 Å². The molecule has 16 rings (SSSR count). The Balaban J connectivity index is 0.891. The van der Waals surface area contributed by atoms with Crippen molar-refractivity contribution in [2.75, 3.05) is 0 Å². The molecule has 78 heavy (non-hydrogen) atoms. The number of nitrogens with zero attached hydrogens (tertiary/aromatic N) is 6. The van der Waals surface area contributed by atoms with Crippen LogP contribution in [0.4, 0.5) is 0 Å². The van der Waals surface area contributed by atoms with Gasteiger partial charge in [0.05, 0.1) is 27.8 Å². The lowest BCUT2D eigenvalue weighted by molar-refractivity contribution is 0.666. The molecular weight excluding hydrogens is 957 g/mol. The van der Waals surface area contributed by atoms with Crippen molar-refractivity contribution >= 4 is 87.5 Å². The Morgan fingerprint density at radius 3 is 1.38 bits per heavy atom. The van der Waals surface area contributed by atoms with Crippen LogP contribution in [0.15, 0.2) is 252 Å². The fourth-order valence-electron chi connectivity index (χ4n) is 12.0. The van der Waals surface area contributed by atoms with E-state index in [1.165, 1.54) is 10.8 Å². The Morgan fingerprint density at radius 1 is 0.346 bits per heavy atom. The second-order valence-electron chi connectivity index (χ2n) is 20.1. The van der Waals surface area contributed by atoms with Crippen LogP contribution in [0.1, 0.15) is 22.5 Å². The van der Waals surface area contributed by atoms with Crippen molar-refractivity contribution < 1.29 is 8.83 Å². The van der Waals surface area contributed by atoms with Crippen LogP contribution in [-0.4, -0.2) is 29.1 Å². The fraction of sp³-hybridized carbons (Fsp3) is 0.0286. The lowest BCUT2D eigenvalue weighted by Gasteiger charge is -2.13. The van der Waals surface area contributed by atoms with E-state index >= 15 is 0 Å². The number of benzene rings is 10. The molecule has 0 saturated heterocycles. The molecule has 0 bridgehead atoms. The summed E-state index contributed by atoms with van der Waals surface area (Å²) in [6, 6.07) is 82.6. The summed E-state index contributed by atoms with van der Waals surface area (Å²) in [5.74, 6) is 1.85. The monoisotopic (exact) mass is 1000 g/mol. The Labute approximate surface area is 446 Å². The average Bonchev–Trinajstić information content (AvgIpc) is 4.37. The number of para-hydroxylation sites is 6. The molecule has 0 radical (unpaired) electrons. The average molecular weight is 1000 g/mol. The van der Waals surface area contributed by atoms with E-state index in [1.54, 1.807) is 0 Å². The van der Waals surface area contributed by atoms with Gasteiger partial charge in [-0.05, 0) is 71.3 Å². The molecule has 0 aliphatic heterocycles. The van der Waals surface area contributed by atoms with Gasteiger partial charge in [-0.25, -0.2) is 15.0 Å². The molecule has 0 saturated carbocycles. The molecule has 0 unspecified atom stereocenters. The van der Waals surface area contributed by atoms with Gasteiger partial charge in [0.25, 0.3) is 0 Å². The number of rotatable bonds is 9. The minimum absolute atomic E-state index is 0.373. The van der Waals surface area contributed by atoms with Gasteiger partial charge < -0.3 is 18.0 Å². The second-order valence-corrected chi connectivity index (χ2v) is 20.1. The maximum Gasteiger partial charge on any atom is 0.163 e. The van der Waals surface area contributed by atoms with Crippen molar-refractivity contribution in [2.24, 2.45) is 0 Å². The molecule has 0 N–H and O–H groups in total. The van der Waals surface area contributed by atoms with E-state index in [4.69, 9.17) is 28.8 Å². The van der Waals surface area contributed by atoms with Gasteiger partial charge >= 0.3 is 0 Å². The number of furan rings is 2. The standard InChI is InChI=1S/C70H44N6O2/c1-5-19-44(20-6-1)69-72-61(73-70(74-69)45-21-7-2-8-22-45)41-47-40-43(39-46-23-17-30-54-56-37-35-52-50-28-13-15-33-59(50)75(48-24-9-3-10-25-48)63(52)67(56)77-65(46)54)42-71-62(47)58-32-18-31-55-57-38-36-53-51-29-14-16-34-60(51)76(49-26-11-4-12-27-49)64(53)68(57)78-66(55)58/h1-38,40,42H,39,41H2. The first-order chi connectivity index (χ1) is 38.7. The first-order valence-electron chi connectivity index (χ1n) is 26.4. The Bertz CT molecular complexity index is 4960. The molecular formula is C70H44N6O2. The molecule has 16 aromatic rings. The van der Waals surface area contributed by atoms with Crippen LogP contribution in [-0.2, 0) is 12.8 Å². The van der Waals surface area contributed by atoms with Crippen LogP contribution in [0.25, 0.3) is 133 Å². The number of fused-ring (bicyclic) bond motifs is 14. The summed E-state index contributed by atoms with van der Waals surface area (Å²) in [6.45, 7) is 0. The molecule has 8 heteroatoms. The van der Waals surface area contributed by atoms with Crippen LogP contribution in [0.5, 0.6) is 0 Å². The lowest BCUT2D eigenvalue weighted by atomic mass is 9.96. The normalized spacial score (nSPS) is 11.9. The number of aromatic nitrogens is 6. The summed E-state index contributed by atoms with van der Waals surface area (Å²) in [7, 11) is 0. The van der Waals surface area contributed by atoms with Gasteiger partial charge in [0.15, 0.2) is 22.8 Å². The van der Waals surface area contributed by atoms with Gasteiger partial charge in [0.2, 0.25) is 0 Å². The van der Waals surface area contributed by atoms with Gasteiger partial charge in [-0.3, -0.25) is 4.98 Å². The summed E-state index contributed by atoms with van der Waals surface area (Å²) >= 11 is 0. The van der Waals surface area contributed by atoms with Crippen LogP contribution < -0.4 is 0 Å².